The number of aromatic nitrogens is 2. The fourth-order valence-electron chi connectivity index (χ4n) is 7.03. The summed E-state index contributed by atoms with van der Waals surface area (Å²) in [5.74, 6) is 0. The van der Waals surface area contributed by atoms with Gasteiger partial charge in [-0.1, -0.05) is 103 Å². The number of para-hydroxylation sites is 2. The second kappa shape index (κ2) is 9.09. The van der Waals surface area contributed by atoms with Gasteiger partial charge in [-0.15, -0.1) is 0 Å². The van der Waals surface area contributed by atoms with Gasteiger partial charge in [0, 0.05) is 38.3 Å². The van der Waals surface area contributed by atoms with E-state index in [1.54, 1.807) is 0 Å². The van der Waals surface area contributed by atoms with Crippen LogP contribution in [0.3, 0.4) is 0 Å². The van der Waals surface area contributed by atoms with Crippen molar-refractivity contribution >= 4 is 60.0 Å². The Morgan fingerprint density at radius 2 is 1.19 bits per heavy atom. The first kappa shape index (κ1) is 23.4. The molecule has 6 aromatic carbocycles. The van der Waals surface area contributed by atoms with E-state index in [9.17, 15) is 0 Å². The van der Waals surface area contributed by atoms with Crippen molar-refractivity contribution in [3.8, 4) is 11.4 Å². The third-order valence-corrected chi connectivity index (χ3v) is 8.97. The number of nitrogens with zero attached hydrogens (tertiary/aromatic N) is 2. The van der Waals surface area contributed by atoms with Crippen molar-refractivity contribution in [2.24, 2.45) is 0 Å². The first-order valence-corrected chi connectivity index (χ1v) is 14.8. The van der Waals surface area contributed by atoms with Gasteiger partial charge in [-0.3, -0.25) is 0 Å². The highest BCUT2D eigenvalue weighted by atomic mass is 15.0. The van der Waals surface area contributed by atoms with Crippen LogP contribution in [0.1, 0.15) is 18.4 Å². The third kappa shape index (κ3) is 3.39. The summed E-state index contributed by atoms with van der Waals surface area (Å²) < 4.78 is 4.90. The highest BCUT2D eigenvalue weighted by Gasteiger charge is 2.19. The zero-order chi connectivity index (χ0) is 27.6. The van der Waals surface area contributed by atoms with Gasteiger partial charge in [0.1, 0.15) is 0 Å². The molecule has 42 heavy (non-hydrogen) atoms. The number of benzene rings is 6. The molecule has 0 amide bonds. The zero-order valence-corrected chi connectivity index (χ0v) is 23.2. The molecule has 8 aromatic rings. The van der Waals surface area contributed by atoms with Gasteiger partial charge < -0.3 is 9.13 Å². The Morgan fingerprint density at radius 1 is 0.476 bits per heavy atom. The van der Waals surface area contributed by atoms with Crippen LogP contribution >= 0.6 is 0 Å². The first-order chi connectivity index (χ1) is 20.8. The van der Waals surface area contributed by atoms with Crippen LogP contribution in [0.15, 0.2) is 146 Å². The average molecular weight is 537 g/mol. The Morgan fingerprint density at radius 3 is 2.02 bits per heavy atom. The molecule has 0 fully saturated rings. The van der Waals surface area contributed by atoms with Gasteiger partial charge >= 0.3 is 0 Å². The van der Waals surface area contributed by atoms with Gasteiger partial charge in [-0.05, 0) is 71.8 Å². The predicted octanol–water partition coefficient (Wildman–Crippen LogP) is 10.8. The minimum atomic E-state index is 1.10. The Labute approximate surface area is 244 Å². The third-order valence-electron chi connectivity index (χ3n) is 8.97. The molecule has 0 atom stereocenters. The number of fused-ring (bicyclic) bond motifs is 8. The molecule has 9 rings (SSSR count). The van der Waals surface area contributed by atoms with Crippen LogP contribution < -0.4 is 0 Å². The molecule has 2 heterocycles. The second-order valence-electron chi connectivity index (χ2n) is 11.3. The summed E-state index contributed by atoms with van der Waals surface area (Å²) in [5.41, 5.74) is 10.0. The Balaban J connectivity index is 1.39. The highest BCUT2D eigenvalue weighted by Crippen LogP contribution is 2.41. The van der Waals surface area contributed by atoms with Crippen molar-refractivity contribution < 1.29 is 0 Å². The lowest BCUT2D eigenvalue weighted by Gasteiger charge is -2.13. The van der Waals surface area contributed by atoms with E-state index < -0.39 is 0 Å². The van der Waals surface area contributed by atoms with Crippen molar-refractivity contribution in [3.63, 3.8) is 0 Å². The minimum absolute atomic E-state index is 1.10. The molecule has 0 radical (unpaired) electrons. The van der Waals surface area contributed by atoms with Crippen LogP contribution in [0, 0.1) is 0 Å². The summed E-state index contributed by atoms with van der Waals surface area (Å²) in [7, 11) is 0. The molecule has 198 valence electrons. The van der Waals surface area contributed by atoms with Gasteiger partial charge in [0.25, 0.3) is 0 Å². The van der Waals surface area contributed by atoms with Crippen LogP contribution in [0.2, 0.25) is 0 Å². The summed E-state index contributed by atoms with van der Waals surface area (Å²) in [6.07, 6.45) is 8.89. The zero-order valence-electron chi connectivity index (χ0n) is 23.2. The van der Waals surface area contributed by atoms with Crippen LogP contribution in [-0.4, -0.2) is 9.13 Å². The number of hydrogen-bond donors (Lipinski definition) is 0. The minimum Gasteiger partial charge on any atom is -0.309 e. The molecule has 2 nitrogen and oxygen atoms in total. The van der Waals surface area contributed by atoms with Gasteiger partial charge in [0.2, 0.25) is 0 Å². The SMILES string of the molecule is C1=CCCC(c2ccc(-n3c4ccccc4c4cc5c6ccc7ccccc7c6n(-c6ccccc6)c5cc43)cc2)=C1. The van der Waals surface area contributed by atoms with Gasteiger partial charge in [0.15, 0.2) is 0 Å². The van der Waals surface area contributed by atoms with E-state index in [1.165, 1.54) is 76.9 Å². The van der Waals surface area contributed by atoms with Crippen LogP contribution in [-0.2, 0) is 0 Å². The summed E-state index contributed by atoms with van der Waals surface area (Å²) in [4.78, 5) is 0. The summed E-state index contributed by atoms with van der Waals surface area (Å²) >= 11 is 0. The van der Waals surface area contributed by atoms with Gasteiger partial charge in [-0.25, -0.2) is 0 Å². The van der Waals surface area contributed by atoms with E-state index >= 15 is 0 Å². The van der Waals surface area contributed by atoms with Crippen molar-refractivity contribution in [1.82, 2.24) is 9.13 Å². The molecular formula is C40H28N2. The second-order valence-corrected chi connectivity index (χ2v) is 11.3. The number of hydrogen-bond acceptors (Lipinski definition) is 0. The molecule has 1 aliphatic carbocycles. The lowest BCUT2D eigenvalue weighted by Crippen LogP contribution is -1.96. The highest BCUT2D eigenvalue weighted by molar-refractivity contribution is 6.23. The molecule has 2 aromatic heterocycles. The van der Waals surface area contributed by atoms with Crippen molar-refractivity contribution in [1.29, 1.82) is 0 Å². The Bertz CT molecular complexity index is 2380. The van der Waals surface area contributed by atoms with E-state index in [1.807, 2.05) is 0 Å². The molecule has 0 spiro atoms. The predicted molar refractivity (Wildman–Crippen MR) is 179 cm³/mol. The summed E-state index contributed by atoms with van der Waals surface area (Å²) in [6.45, 7) is 0. The number of allylic oxidation sites excluding steroid dienone is 4. The monoisotopic (exact) mass is 536 g/mol. The molecule has 0 N–H and O–H groups in total. The van der Waals surface area contributed by atoms with Crippen LogP contribution in [0.4, 0.5) is 0 Å². The topological polar surface area (TPSA) is 9.86 Å². The molecule has 0 saturated heterocycles. The summed E-state index contributed by atoms with van der Waals surface area (Å²) in [6, 6.07) is 46.9. The van der Waals surface area contributed by atoms with Gasteiger partial charge in [-0.2, -0.15) is 0 Å². The maximum Gasteiger partial charge on any atom is 0.0619 e. The number of rotatable bonds is 3. The molecule has 0 unspecified atom stereocenters. The van der Waals surface area contributed by atoms with E-state index in [4.69, 9.17) is 0 Å². The quantitative estimate of drug-likeness (QED) is 0.213. The van der Waals surface area contributed by atoms with Crippen LogP contribution in [0.5, 0.6) is 0 Å². The molecular weight excluding hydrogens is 508 g/mol. The first-order valence-electron chi connectivity index (χ1n) is 14.8. The lowest BCUT2D eigenvalue weighted by atomic mass is 9.97. The maximum atomic E-state index is 2.46. The molecule has 1 aliphatic rings. The standard InChI is InChI=1S/C40H28N2/c1-3-11-27(12-4-1)28-19-22-31(23-20-28)41-37-18-10-9-17-33(37)35-25-36-34-24-21-29-13-7-8-16-32(29)40(34)42(39(36)26-38(35)41)30-14-5-2-6-15-30/h1-3,5-11,13-26H,4,12H2. The molecule has 2 heteroatoms. The fourth-order valence-corrected chi connectivity index (χ4v) is 7.03. The Kier molecular flexibility index (Phi) is 5.06. The van der Waals surface area contributed by atoms with Crippen molar-refractivity contribution in [3.05, 3.63) is 151 Å². The molecule has 0 bridgehead atoms. The van der Waals surface area contributed by atoms with Crippen LogP contribution in [0.25, 0.3) is 71.3 Å². The fraction of sp³-hybridized carbons (Fsp3) is 0.0500. The maximum absolute atomic E-state index is 2.46. The van der Waals surface area contributed by atoms with E-state index in [0.29, 0.717) is 0 Å². The van der Waals surface area contributed by atoms with E-state index in [0.717, 1.165) is 12.8 Å². The molecule has 0 saturated carbocycles. The molecule has 0 aliphatic heterocycles. The van der Waals surface area contributed by atoms with Crippen molar-refractivity contribution in [2.75, 3.05) is 0 Å². The van der Waals surface area contributed by atoms with Gasteiger partial charge in [0.05, 0.1) is 22.1 Å². The Hall–Kier alpha value is -5.34. The summed E-state index contributed by atoms with van der Waals surface area (Å²) in [5, 5.41) is 7.65. The van der Waals surface area contributed by atoms with E-state index in [2.05, 4.69) is 155 Å². The largest absolute Gasteiger partial charge is 0.309 e. The normalized spacial score (nSPS) is 13.6. The van der Waals surface area contributed by atoms with E-state index in [-0.39, 0.29) is 0 Å². The smallest absolute Gasteiger partial charge is 0.0619 e. The van der Waals surface area contributed by atoms with Crippen molar-refractivity contribution in [2.45, 2.75) is 12.8 Å². The average Bonchev–Trinajstić information content (AvgIpc) is 3.57. The lowest BCUT2D eigenvalue weighted by molar-refractivity contribution is 1.05.